The molecule has 0 aromatic heterocycles. The predicted molar refractivity (Wildman–Crippen MR) is 94.0 cm³/mol. The summed E-state index contributed by atoms with van der Waals surface area (Å²) in [5, 5.41) is 0. The quantitative estimate of drug-likeness (QED) is 0.536. The molecule has 4 rings (SSSR count). The number of rotatable bonds is 3. The summed E-state index contributed by atoms with van der Waals surface area (Å²) in [4.78, 5) is 0. The first kappa shape index (κ1) is 13.3. The van der Waals surface area contributed by atoms with Crippen LogP contribution in [0.25, 0.3) is 22.3 Å². The fourth-order valence-electron chi connectivity index (χ4n) is 3.14. The topological polar surface area (TPSA) is 0 Å². The molecule has 1 aliphatic carbocycles. The van der Waals surface area contributed by atoms with Crippen molar-refractivity contribution in [3.05, 3.63) is 83.9 Å². The highest BCUT2D eigenvalue weighted by Crippen LogP contribution is 2.42. The van der Waals surface area contributed by atoms with E-state index in [1.54, 1.807) is 5.56 Å². The summed E-state index contributed by atoms with van der Waals surface area (Å²) in [5.41, 5.74) is 8.18. The van der Waals surface area contributed by atoms with Crippen molar-refractivity contribution in [1.29, 1.82) is 0 Å². The second-order valence-electron chi connectivity index (χ2n) is 6.29. The molecule has 0 bridgehead atoms. The standard InChI is InChI=1S/C22H20/c1-16-7-8-21(15-22(16)20-13-14-20)19-11-9-18(10-12-19)17-5-3-2-4-6-17/h2-12,15,20H,13-14H2,1H3. The van der Waals surface area contributed by atoms with Crippen LogP contribution in [0.1, 0.15) is 29.9 Å². The fraction of sp³-hybridized carbons (Fsp3) is 0.182. The maximum Gasteiger partial charge on any atom is -0.0159 e. The summed E-state index contributed by atoms with van der Waals surface area (Å²) in [6.07, 6.45) is 2.72. The largest absolute Gasteiger partial charge is 0.0622 e. The molecule has 0 unspecified atom stereocenters. The van der Waals surface area contributed by atoms with Gasteiger partial charge in [-0.15, -0.1) is 0 Å². The lowest BCUT2D eigenvalue weighted by Gasteiger charge is -2.09. The average Bonchev–Trinajstić information content (AvgIpc) is 3.41. The molecule has 0 amide bonds. The molecule has 1 saturated carbocycles. The van der Waals surface area contributed by atoms with Gasteiger partial charge in [0.2, 0.25) is 0 Å². The van der Waals surface area contributed by atoms with Crippen LogP contribution < -0.4 is 0 Å². The van der Waals surface area contributed by atoms with E-state index in [1.165, 1.54) is 40.7 Å². The first-order valence-corrected chi connectivity index (χ1v) is 8.08. The minimum Gasteiger partial charge on any atom is -0.0622 e. The minimum absolute atomic E-state index is 0.809. The molecule has 0 radical (unpaired) electrons. The third-order valence-corrected chi connectivity index (χ3v) is 4.62. The van der Waals surface area contributed by atoms with Gasteiger partial charge < -0.3 is 0 Å². The van der Waals surface area contributed by atoms with Crippen molar-refractivity contribution in [3.8, 4) is 22.3 Å². The van der Waals surface area contributed by atoms with Crippen molar-refractivity contribution in [3.63, 3.8) is 0 Å². The molecule has 0 heteroatoms. The van der Waals surface area contributed by atoms with Gasteiger partial charge in [-0.2, -0.15) is 0 Å². The predicted octanol–water partition coefficient (Wildman–Crippen LogP) is 6.21. The highest BCUT2D eigenvalue weighted by molar-refractivity contribution is 5.71. The van der Waals surface area contributed by atoms with E-state index in [0.29, 0.717) is 0 Å². The van der Waals surface area contributed by atoms with E-state index in [1.807, 2.05) is 0 Å². The molecular weight excluding hydrogens is 264 g/mol. The molecular formula is C22H20. The van der Waals surface area contributed by atoms with Crippen LogP contribution in [0.5, 0.6) is 0 Å². The lowest BCUT2D eigenvalue weighted by atomic mass is 9.96. The molecule has 0 nitrogen and oxygen atoms in total. The molecule has 0 N–H and O–H groups in total. The van der Waals surface area contributed by atoms with Crippen LogP contribution in [-0.2, 0) is 0 Å². The molecule has 0 heterocycles. The van der Waals surface area contributed by atoms with Gasteiger partial charge in [0.1, 0.15) is 0 Å². The Morgan fingerprint density at radius 1 is 0.636 bits per heavy atom. The smallest absolute Gasteiger partial charge is 0.0159 e. The van der Waals surface area contributed by atoms with Crippen molar-refractivity contribution in [2.45, 2.75) is 25.7 Å². The van der Waals surface area contributed by atoms with E-state index >= 15 is 0 Å². The normalized spacial score (nSPS) is 14.0. The molecule has 3 aromatic carbocycles. The zero-order valence-electron chi connectivity index (χ0n) is 12.9. The van der Waals surface area contributed by atoms with E-state index in [0.717, 1.165) is 5.92 Å². The average molecular weight is 284 g/mol. The number of hydrogen-bond donors (Lipinski definition) is 0. The summed E-state index contributed by atoms with van der Waals surface area (Å²) in [6.45, 7) is 2.23. The van der Waals surface area contributed by atoms with E-state index < -0.39 is 0 Å². The first-order valence-electron chi connectivity index (χ1n) is 8.08. The molecule has 1 aliphatic rings. The van der Waals surface area contributed by atoms with E-state index in [-0.39, 0.29) is 0 Å². The second-order valence-corrected chi connectivity index (χ2v) is 6.29. The fourth-order valence-corrected chi connectivity index (χ4v) is 3.14. The Balaban J connectivity index is 1.67. The zero-order chi connectivity index (χ0) is 14.9. The highest BCUT2D eigenvalue weighted by atomic mass is 14.3. The lowest BCUT2D eigenvalue weighted by Crippen LogP contribution is -1.88. The summed E-state index contributed by atoms with van der Waals surface area (Å²) < 4.78 is 0. The van der Waals surface area contributed by atoms with Crippen molar-refractivity contribution < 1.29 is 0 Å². The molecule has 22 heavy (non-hydrogen) atoms. The number of hydrogen-bond acceptors (Lipinski definition) is 0. The summed E-state index contributed by atoms with van der Waals surface area (Å²) in [6, 6.07) is 26.4. The Labute approximate surface area is 132 Å². The van der Waals surface area contributed by atoms with Crippen molar-refractivity contribution in [1.82, 2.24) is 0 Å². The van der Waals surface area contributed by atoms with Crippen LogP contribution in [0.3, 0.4) is 0 Å². The van der Waals surface area contributed by atoms with Gasteiger partial charge in [0.25, 0.3) is 0 Å². The monoisotopic (exact) mass is 284 g/mol. The van der Waals surface area contributed by atoms with Crippen LogP contribution in [0.4, 0.5) is 0 Å². The molecule has 1 fully saturated rings. The first-order chi connectivity index (χ1) is 10.8. The molecule has 0 saturated heterocycles. The zero-order valence-corrected chi connectivity index (χ0v) is 12.9. The highest BCUT2D eigenvalue weighted by Gasteiger charge is 2.25. The van der Waals surface area contributed by atoms with Crippen LogP contribution in [0, 0.1) is 6.92 Å². The van der Waals surface area contributed by atoms with Gasteiger partial charge >= 0.3 is 0 Å². The Bertz CT molecular complexity index is 778. The summed E-state index contributed by atoms with van der Waals surface area (Å²) >= 11 is 0. The van der Waals surface area contributed by atoms with Crippen LogP contribution in [0.15, 0.2) is 72.8 Å². The van der Waals surface area contributed by atoms with Gasteiger partial charge in [0, 0.05) is 0 Å². The van der Waals surface area contributed by atoms with Gasteiger partial charge in [-0.1, -0.05) is 72.8 Å². The van der Waals surface area contributed by atoms with Gasteiger partial charge in [-0.05, 0) is 59.1 Å². The maximum absolute atomic E-state index is 2.39. The third-order valence-electron chi connectivity index (χ3n) is 4.62. The third kappa shape index (κ3) is 2.57. The van der Waals surface area contributed by atoms with Crippen LogP contribution in [-0.4, -0.2) is 0 Å². The van der Waals surface area contributed by atoms with Gasteiger partial charge in [0.05, 0.1) is 0 Å². The molecule has 0 aliphatic heterocycles. The molecule has 0 spiro atoms. The molecule has 3 aromatic rings. The van der Waals surface area contributed by atoms with Crippen molar-refractivity contribution >= 4 is 0 Å². The van der Waals surface area contributed by atoms with Crippen LogP contribution >= 0.6 is 0 Å². The van der Waals surface area contributed by atoms with E-state index in [9.17, 15) is 0 Å². The van der Waals surface area contributed by atoms with Crippen molar-refractivity contribution in [2.75, 3.05) is 0 Å². The van der Waals surface area contributed by atoms with E-state index in [2.05, 4.69) is 79.7 Å². The van der Waals surface area contributed by atoms with Gasteiger partial charge in [-0.25, -0.2) is 0 Å². The maximum atomic E-state index is 2.39. The number of aryl methyl sites for hydroxylation is 1. The second kappa shape index (κ2) is 5.46. The summed E-state index contributed by atoms with van der Waals surface area (Å²) in [5.74, 6) is 0.809. The number of benzene rings is 3. The lowest BCUT2D eigenvalue weighted by molar-refractivity contribution is 1.10. The molecule has 108 valence electrons. The Kier molecular flexibility index (Phi) is 3.31. The Morgan fingerprint density at radius 2 is 1.18 bits per heavy atom. The van der Waals surface area contributed by atoms with E-state index in [4.69, 9.17) is 0 Å². The molecule has 0 atom stereocenters. The SMILES string of the molecule is Cc1ccc(-c2ccc(-c3ccccc3)cc2)cc1C1CC1. The van der Waals surface area contributed by atoms with Gasteiger partial charge in [-0.3, -0.25) is 0 Å². The van der Waals surface area contributed by atoms with Crippen molar-refractivity contribution in [2.24, 2.45) is 0 Å². The Morgan fingerprint density at radius 3 is 1.82 bits per heavy atom. The minimum atomic E-state index is 0.809. The summed E-state index contributed by atoms with van der Waals surface area (Å²) in [7, 11) is 0. The van der Waals surface area contributed by atoms with Crippen LogP contribution in [0.2, 0.25) is 0 Å². The van der Waals surface area contributed by atoms with Gasteiger partial charge in [0.15, 0.2) is 0 Å². The Hall–Kier alpha value is -2.34.